The summed E-state index contributed by atoms with van der Waals surface area (Å²) in [4.78, 5) is 40.8. The number of hydrogen-bond donors (Lipinski definition) is 2. The highest BCUT2D eigenvalue weighted by atomic mass is 16.7. The van der Waals surface area contributed by atoms with E-state index in [1.807, 2.05) is 4.90 Å². The molecule has 2 aliphatic heterocycles. The Morgan fingerprint density at radius 1 is 1.03 bits per heavy atom. The summed E-state index contributed by atoms with van der Waals surface area (Å²) in [6.07, 6.45) is 0. The Hall–Kier alpha value is -3.59. The van der Waals surface area contributed by atoms with Crippen molar-refractivity contribution in [2.24, 2.45) is 0 Å². The first-order valence-corrected chi connectivity index (χ1v) is 9.96. The van der Waals surface area contributed by atoms with Crippen LogP contribution in [0.1, 0.15) is 27.6 Å². The maximum absolute atomic E-state index is 12.6. The molecule has 1 saturated heterocycles. The second kappa shape index (κ2) is 8.65. The number of phenolic OH excluding ortho intramolecular Hbond substituents is 1. The van der Waals surface area contributed by atoms with Crippen molar-refractivity contribution in [2.75, 3.05) is 44.8 Å². The number of hydrogen-bond acceptors (Lipinski definition) is 7. The number of anilines is 1. The molecule has 4 rings (SSSR count). The lowest BCUT2D eigenvalue weighted by Crippen LogP contribution is -2.50. The van der Waals surface area contributed by atoms with E-state index in [1.165, 1.54) is 19.1 Å². The average Bonchev–Trinajstić information content (AvgIpc) is 3.20. The van der Waals surface area contributed by atoms with E-state index in [2.05, 4.69) is 5.32 Å². The van der Waals surface area contributed by atoms with Crippen molar-refractivity contribution in [3.05, 3.63) is 47.5 Å². The fraction of sp³-hybridized carbons (Fsp3) is 0.318. The number of nitrogens with zero attached hydrogens (tertiary/aromatic N) is 2. The van der Waals surface area contributed by atoms with Crippen molar-refractivity contribution in [3.63, 3.8) is 0 Å². The molecule has 31 heavy (non-hydrogen) atoms. The Morgan fingerprint density at radius 3 is 2.42 bits per heavy atom. The number of amides is 2. The first-order valence-electron chi connectivity index (χ1n) is 9.96. The number of rotatable bonds is 5. The molecule has 0 aliphatic carbocycles. The fourth-order valence-electron chi connectivity index (χ4n) is 3.66. The number of fused-ring (bicyclic) bond motifs is 1. The van der Waals surface area contributed by atoms with Crippen LogP contribution in [0.4, 0.5) is 5.69 Å². The highest BCUT2D eigenvalue weighted by Gasteiger charge is 2.25. The number of carbonyl (C=O) groups is 3. The maximum atomic E-state index is 12.6. The van der Waals surface area contributed by atoms with Gasteiger partial charge in [0.2, 0.25) is 12.7 Å². The molecule has 2 aromatic rings. The van der Waals surface area contributed by atoms with Crippen LogP contribution < -0.4 is 14.8 Å². The van der Waals surface area contributed by atoms with Crippen LogP contribution in [0.25, 0.3) is 0 Å². The number of carbonyl (C=O) groups excluding carboxylic acids is 3. The predicted octanol–water partition coefficient (Wildman–Crippen LogP) is 1.72. The van der Waals surface area contributed by atoms with E-state index in [0.29, 0.717) is 54.5 Å². The van der Waals surface area contributed by atoms with Gasteiger partial charge in [0, 0.05) is 43.4 Å². The van der Waals surface area contributed by atoms with Crippen LogP contribution in [-0.4, -0.2) is 72.0 Å². The van der Waals surface area contributed by atoms with E-state index in [4.69, 9.17) is 9.47 Å². The summed E-state index contributed by atoms with van der Waals surface area (Å²) in [5, 5.41) is 12.4. The van der Waals surface area contributed by atoms with Crippen LogP contribution >= 0.6 is 0 Å². The summed E-state index contributed by atoms with van der Waals surface area (Å²) >= 11 is 0. The minimum atomic E-state index is -0.255. The van der Waals surface area contributed by atoms with Crippen molar-refractivity contribution < 1.29 is 29.0 Å². The van der Waals surface area contributed by atoms with Crippen LogP contribution in [0.15, 0.2) is 36.4 Å². The number of phenols is 1. The fourth-order valence-corrected chi connectivity index (χ4v) is 3.66. The van der Waals surface area contributed by atoms with Gasteiger partial charge in [-0.05, 0) is 31.2 Å². The molecule has 162 valence electrons. The zero-order chi connectivity index (χ0) is 22.0. The van der Waals surface area contributed by atoms with E-state index >= 15 is 0 Å². The van der Waals surface area contributed by atoms with Gasteiger partial charge >= 0.3 is 0 Å². The standard InChI is InChI=1S/C22H23N3O6/c1-14(26)17-10-19-20(31-13-30-19)11-18(17)23-21(28)12-24-5-7-25(8-6-24)22(29)15-3-2-4-16(27)9-15/h2-4,9-11,27H,5-8,12-13H2,1H3,(H,23,28). The summed E-state index contributed by atoms with van der Waals surface area (Å²) in [5.74, 6) is 0.429. The molecule has 0 aromatic heterocycles. The largest absolute Gasteiger partial charge is 0.508 e. The van der Waals surface area contributed by atoms with E-state index in [9.17, 15) is 19.5 Å². The molecule has 2 aromatic carbocycles. The van der Waals surface area contributed by atoms with Gasteiger partial charge in [-0.25, -0.2) is 0 Å². The summed E-state index contributed by atoms with van der Waals surface area (Å²) in [6, 6.07) is 9.44. The number of Topliss-reactive ketones (excluding diaryl/α,β-unsaturated/α-hetero) is 1. The van der Waals surface area contributed by atoms with Gasteiger partial charge in [0.25, 0.3) is 5.91 Å². The Balaban J connectivity index is 1.34. The predicted molar refractivity (Wildman–Crippen MR) is 112 cm³/mol. The highest BCUT2D eigenvalue weighted by Crippen LogP contribution is 2.37. The van der Waals surface area contributed by atoms with Gasteiger partial charge in [0.05, 0.1) is 12.2 Å². The van der Waals surface area contributed by atoms with E-state index < -0.39 is 0 Å². The molecule has 2 N–H and O–H groups in total. The summed E-state index contributed by atoms with van der Waals surface area (Å²) in [6.45, 7) is 3.68. The molecule has 1 fully saturated rings. The first kappa shape index (κ1) is 20.7. The summed E-state index contributed by atoms with van der Waals surface area (Å²) in [7, 11) is 0. The van der Waals surface area contributed by atoms with Gasteiger partial charge in [-0.2, -0.15) is 0 Å². The molecule has 0 radical (unpaired) electrons. The van der Waals surface area contributed by atoms with Gasteiger partial charge in [-0.1, -0.05) is 6.07 Å². The average molecular weight is 425 g/mol. The summed E-state index contributed by atoms with van der Waals surface area (Å²) < 4.78 is 10.6. The smallest absolute Gasteiger partial charge is 0.254 e. The van der Waals surface area contributed by atoms with Crippen molar-refractivity contribution in [3.8, 4) is 17.2 Å². The molecule has 0 unspecified atom stereocenters. The SMILES string of the molecule is CC(=O)c1cc2c(cc1NC(=O)CN1CCN(C(=O)c3cccc(O)c3)CC1)OCO2. The molecule has 0 spiro atoms. The molecule has 2 heterocycles. The number of benzene rings is 2. The van der Waals surface area contributed by atoms with Crippen molar-refractivity contribution >= 4 is 23.3 Å². The maximum Gasteiger partial charge on any atom is 0.254 e. The van der Waals surface area contributed by atoms with E-state index in [-0.39, 0.29) is 36.7 Å². The van der Waals surface area contributed by atoms with Crippen LogP contribution in [0.2, 0.25) is 0 Å². The lowest BCUT2D eigenvalue weighted by atomic mass is 10.1. The number of ether oxygens (including phenoxy) is 2. The lowest BCUT2D eigenvalue weighted by Gasteiger charge is -2.34. The Bertz CT molecular complexity index is 1030. The van der Waals surface area contributed by atoms with Crippen molar-refractivity contribution in [2.45, 2.75) is 6.92 Å². The van der Waals surface area contributed by atoms with Gasteiger partial charge < -0.3 is 24.8 Å². The van der Waals surface area contributed by atoms with Crippen LogP contribution in [0, 0.1) is 0 Å². The van der Waals surface area contributed by atoms with Crippen molar-refractivity contribution in [1.82, 2.24) is 9.80 Å². The third-order valence-electron chi connectivity index (χ3n) is 5.29. The quantitative estimate of drug-likeness (QED) is 0.702. The molecule has 0 bridgehead atoms. The highest BCUT2D eigenvalue weighted by molar-refractivity contribution is 6.05. The minimum absolute atomic E-state index is 0.0506. The van der Waals surface area contributed by atoms with E-state index in [1.54, 1.807) is 29.2 Å². The Kier molecular flexibility index (Phi) is 5.77. The van der Waals surface area contributed by atoms with Gasteiger partial charge in [-0.15, -0.1) is 0 Å². The second-order valence-corrected chi connectivity index (χ2v) is 7.47. The minimum Gasteiger partial charge on any atom is -0.508 e. The number of ketones is 1. The molecule has 0 atom stereocenters. The Morgan fingerprint density at radius 2 is 1.74 bits per heavy atom. The monoisotopic (exact) mass is 425 g/mol. The Labute approximate surface area is 179 Å². The third-order valence-corrected chi connectivity index (χ3v) is 5.29. The van der Waals surface area contributed by atoms with Crippen LogP contribution in [0.5, 0.6) is 17.2 Å². The second-order valence-electron chi connectivity index (χ2n) is 7.47. The van der Waals surface area contributed by atoms with Gasteiger partial charge in [-0.3, -0.25) is 19.3 Å². The first-order chi connectivity index (χ1) is 14.9. The zero-order valence-electron chi connectivity index (χ0n) is 17.1. The number of nitrogens with one attached hydrogen (secondary N) is 1. The van der Waals surface area contributed by atoms with E-state index in [0.717, 1.165) is 0 Å². The summed E-state index contributed by atoms with van der Waals surface area (Å²) in [5.41, 5.74) is 1.18. The van der Waals surface area contributed by atoms with Crippen molar-refractivity contribution in [1.29, 1.82) is 0 Å². The zero-order valence-corrected chi connectivity index (χ0v) is 17.1. The molecule has 0 saturated carbocycles. The molecule has 9 heteroatoms. The van der Waals surface area contributed by atoms with Gasteiger partial charge in [0.15, 0.2) is 17.3 Å². The van der Waals surface area contributed by atoms with Crippen LogP contribution in [0.3, 0.4) is 0 Å². The molecule has 2 aliphatic rings. The van der Waals surface area contributed by atoms with Crippen LogP contribution in [-0.2, 0) is 4.79 Å². The van der Waals surface area contributed by atoms with Gasteiger partial charge in [0.1, 0.15) is 5.75 Å². The number of piperazine rings is 1. The lowest BCUT2D eigenvalue weighted by molar-refractivity contribution is -0.117. The topological polar surface area (TPSA) is 108 Å². The molecule has 9 nitrogen and oxygen atoms in total. The molecular weight excluding hydrogens is 402 g/mol. The normalized spacial score (nSPS) is 15.6. The molecule has 2 amide bonds. The molecular formula is C22H23N3O6. The number of aromatic hydroxyl groups is 1. The third kappa shape index (κ3) is 4.61.